The van der Waals surface area contributed by atoms with Crippen molar-refractivity contribution in [3.05, 3.63) is 36.0 Å². The van der Waals surface area contributed by atoms with E-state index in [1.54, 1.807) is 29.9 Å². The lowest BCUT2D eigenvalue weighted by Crippen LogP contribution is -2.23. The lowest BCUT2D eigenvalue weighted by atomic mass is 9.95. The molecule has 2 rings (SSSR count). The molecule has 1 heterocycles. The number of alkyl halides is 3. The van der Waals surface area contributed by atoms with Gasteiger partial charge in [-0.2, -0.15) is 13.2 Å². The minimum Gasteiger partial charge on any atom is -0.350 e. The Morgan fingerprint density at radius 2 is 1.94 bits per heavy atom. The van der Waals surface area contributed by atoms with E-state index in [-0.39, 0.29) is 13.0 Å². The second-order valence-electron chi connectivity index (χ2n) is 4.38. The number of aromatic nitrogens is 1. The molecule has 0 saturated heterocycles. The number of fused-ring (bicyclic) bond motifs is 1. The third-order valence-corrected chi connectivity index (χ3v) is 3.15. The summed E-state index contributed by atoms with van der Waals surface area (Å²) < 4.78 is 40.9. The van der Waals surface area contributed by atoms with E-state index in [4.69, 9.17) is 5.73 Å². The highest BCUT2D eigenvalue weighted by molar-refractivity contribution is 5.84. The summed E-state index contributed by atoms with van der Waals surface area (Å²) >= 11 is 0. The zero-order chi connectivity index (χ0) is 13.3. The van der Waals surface area contributed by atoms with Crippen LogP contribution < -0.4 is 5.73 Å². The van der Waals surface area contributed by atoms with Crippen molar-refractivity contribution in [3.63, 3.8) is 0 Å². The monoisotopic (exact) mass is 256 g/mol. The maximum absolute atomic E-state index is 13.1. The molecule has 0 saturated carbocycles. The molecule has 2 aromatic rings. The zero-order valence-corrected chi connectivity index (χ0v) is 10.0. The van der Waals surface area contributed by atoms with Crippen molar-refractivity contribution in [1.82, 2.24) is 4.57 Å². The largest absolute Gasteiger partial charge is 0.395 e. The van der Waals surface area contributed by atoms with Crippen molar-refractivity contribution < 1.29 is 13.2 Å². The van der Waals surface area contributed by atoms with Gasteiger partial charge < -0.3 is 10.3 Å². The molecule has 0 radical (unpaired) electrons. The second kappa shape index (κ2) is 4.65. The van der Waals surface area contributed by atoms with E-state index in [0.29, 0.717) is 10.9 Å². The second-order valence-corrected chi connectivity index (χ2v) is 4.38. The van der Waals surface area contributed by atoms with Crippen LogP contribution in [-0.2, 0) is 7.05 Å². The van der Waals surface area contributed by atoms with Gasteiger partial charge in [-0.25, -0.2) is 0 Å². The summed E-state index contributed by atoms with van der Waals surface area (Å²) in [5.74, 6) is -1.49. The summed E-state index contributed by atoms with van der Waals surface area (Å²) in [6.45, 7) is 0.0212. The quantitative estimate of drug-likeness (QED) is 0.898. The third-order valence-electron chi connectivity index (χ3n) is 3.15. The molecule has 98 valence electrons. The lowest BCUT2D eigenvalue weighted by molar-refractivity contribution is -0.151. The average molecular weight is 256 g/mol. The molecule has 0 bridgehead atoms. The van der Waals surface area contributed by atoms with E-state index in [0.717, 1.165) is 5.52 Å². The molecule has 2 nitrogen and oxygen atoms in total. The third kappa shape index (κ3) is 2.22. The standard InChI is InChI=1S/C13H15F3N2/c1-18-8-10(9-4-2-3-5-12(9)18)11(6-7-17)13(14,15)16/h2-5,8,11H,6-7,17H2,1H3. The molecule has 2 N–H and O–H groups in total. The Balaban J connectivity index is 2.58. The van der Waals surface area contributed by atoms with Gasteiger partial charge in [-0.05, 0) is 24.6 Å². The van der Waals surface area contributed by atoms with Crippen molar-refractivity contribution in [2.24, 2.45) is 12.8 Å². The maximum Gasteiger partial charge on any atom is 0.395 e. The Labute approximate surface area is 103 Å². The number of benzene rings is 1. The fraction of sp³-hybridized carbons (Fsp3) is 0.385. The van der Waals surface area contributed by atoms with Gasteiger partial charge >= 0.3 is 6.18 Å². The van der Waals surface area contributed by atoms with Gasteiger partial charge in [0.15, 0.2) is 0 Å². The molecule has 0 spiro atoms. The van der Waals surface area contributed by atoms with Crippen molar-refractivity contribution in [2.75, 3.05) is 6.54 Å². The lowest BCUT2D eigenvalue weighted by Gasteiger charge is -2.19. The molecule has 1 atom stereocenters. The smallest absolute Gasteiger partial charge is 0.350 e. The normalized spacial score (nSPS) is 14.1. The van der Waals surface area contributed by atoms with E-state index < -0.39 is 12.1 Å². The Bertz CT molecular complexity index is 543. The molecule has 0 aliphatic carbocycles. The number of halogens is 3. The topological polar surface area (TPSA) is 30.9 Å². The Hall–Kier alpha value is -1.49. The highest BCUT2D eigenvalue weighted by Gasteiger charge is 2.41. The highest BCUT2D eigenvalue weighted by atomic mass is 19.4. The molecule has 1 aromatic carbocycles. The van der Waals surface area contributed by atoms with E-state index in [9.17, 15) is 13.2 Å². The average Bonchev–Trinajstić information content (AvgIpc) is 2.63. The first-order valence-corrected chi connectivity index (χ1v) is 5.76. The molecule has 0 amide bonds. The van der Waals surface area contributed by atoms with Crippen LogP contribution in [0.4, 0.5) is 13.2 Å². The predicted octanol–water partition coefficient (Wildman–Crippen LogP) is 3.17. The van der Waals surface area contributed by atoms with Gasteiger partial charge in [0, 0.05) is 24.1 Å². The number of para-hydroxylation sites is 1. The van der Waals surface area contributed by atoms with Crippen molar-refractivity contribution >= 4 is 10.9 Å². The van der Waals surface area contributed by atoms with Gasteiger partial charge in [0.25, 0.3) is 0 Å². The maximum atomic E-state index is 13.1. The number of hydrogen-bond donors (Lipinski definition) is 1. The predicted molar refractivity (Wildman–Crippen MR) is 65.4 cm³/mol. The van der Waals surface area contributed by atoms with Crippen molar-refractivity contribution in [3.8, 4) is 0 Å². The SMILES string of the molecule is Cn1cc(C(CCN)C(F)(F)F)c2ccccc21. The van der Waals surface area contributed by atoms with E-state index in [1.165, 1.54) is 0 Å². The summed E-state index contributed by atoms with van der Waals surface area (Å²) in [4.78, 5) is 0. The molecule has 1 aromatic heterocycles. The summed E-state index contributed by atoms with van der Waals surface area (Å²) in [5, 5.41) is 0.649. The first-order valence-electron chi connectivity index (χ1n) is 5.76. The molecule has 1 unspecified atom stereocenters. The summed E-state index contributed by atoms with van der Waals surface area (Å²) in [6.07, 6.45) is -2.79. The minimum atomic E-state index is -4.26. The van der Waals surface area contributed by atoms with Gasteiger partial charge in [0.2, 0.25) is 0 Å². The van der Waals surface area contributed by atoms with Crippen molar-refractivity contribution in [1.29, 1.82) is 0 Å². The van der Waals surface area contributed by atoms with Crippen LogP contribution in [0, 0.1) is 0 Å². The molecule has 5 heteroatoms. The van der Waals surface area contributed by atoms with Crippen LogP contribution >= 0.6 is 0 Å². The number of nitrogens with two attached hydrogens (primary N) is 1. The van der Waals surface area contributed by atoms with Crippen LogP contribution in [0.3, 0.4) is 0 Å². The summed E-state index contributed by atoms with van der Waals surface area (Å²) in [5.41, 5.74) is 6.42. The van der Waals surface area contributed by atoms with E-state index in [1.807, 2.05) is 12.1 Å². The van der Waals surface area contributed by atoms with Gasteiger partial charge in [0.05, 0.1) is 5.92 Å². The first-order chi connectivity index (χ1) is 8.45. The summed E-state index contributed by atoms with van der Waals surface area (Å²) in [6, 6.07) is 7.11. The molecule has 18 heavy (non-hydrogen) atoms. The van der Waals surface area contributed by atoms with Crippen LogP contribution in [0.1, 0.15) is 17.9 Å². The van der Waals surface area contributed by atoms with Crippen LogP contribution in [0.25, 0.3) is 10.9 Å². The fourth-order valence-electron chi connectivity index (χ4n) is 2.31. The fourth-order valence-corrected chi connectivity index (χ4v) is 2.31. The van der Waals surface area contributed by atoms with E-state index >= 15 is 0 Å². The Morgan fingerprint density at radius 3 is 2.56 bits per heavy atom. The molecular formula is C13H15F3N2. The Morgan fingerprint density at radius 1 is 1.28 bits per heavy atom. The summed E-state index contributed by atoms with van der Waals surface area (Å²) in [7, 11) is 1.75. The van der Waals surface area contributed by atoms with Crippen LogP contribution in [0.2, 0.25) is 0 Å². The van der Waals surface area contributed by atoms with Gasteiger partial charge in [0.1, 0.15) is 0 Å². The van der Waals surface area contributed by atoms with Crippen molar-refractivity contribution in [2.45, 2.75) is 18.5 Å². The number of rotatable bonds is 3. The van der Waals surface area contributed by atoms with Gasteiger partial charge in [-0.15, -0.1) is 0 Å². The molecular weight excluding hydrogens is 241 g/mol. The Kier molecular flexibility index (Phi) is 3.34. The number of hydrogen-bond acceptors (Lipinski definition) is 1. The molecule has 0 aliphatic heterocycles. The minimum absolute atomic E-state index is 0.0212. The van der Waals surface area contributed by atoms with Gasteiger partial charge in [-0.1, -0.05) is 18.2 Å². The van der Waals surface area contributed by atoms with Crippen LogP contribution in [0.15, 0.2) is 30.5 Å². The van der Waals surface area contributed by atoms with Crippen LogP contribution in [-0.4, -0.2) is 17.3 Å². The van der Waals surface area contributed by atoms with Crippen LogP contribution in [0.5, 0.6) is 0 Å². The van der Waals surface area contributed by atoms with Gasteiger partial charge in [-0.3, -0.25) is 0 Å². The number of nitrogens with zero attached hydrogens (tertiary/aromatic N) is 1. The van der Waals surface area contributed by atoms with E-state index in [2.05, 4.69) is 0 Å². The first kappa shape index (κ1) is 13.0. The zero-order valence-electron chi connectivity index (χ0n) is 10.0. The number of aryl methyl sites for hydroxylation is 1. The molecule has 0 aliphatic rings. The highest BCUT2D eigenvalue weighted by Crippen LogP contribution is 2.40. The molecule has 0 fully saturated rings.